The summed E-state index contributed by atoms with van der Waals surface area (Å²) >= 11 is 0. The molecule has 12 heavy (non-hydrogen) atoms. The highest BCUT2D eigenvalue weighted by molar-refractivity contribution is 7.91. The Morgan fingerprint density at radius 1 is 1.50 bits per heavy atom. The third-order valence-corrected chi connectivity index (χ3v) is 4.57. The SMILES string of the molecule is O=C[C@]12COC[C@H]1CS(=O)(=O)C2. The summed E-state index contributed by atoms with van der Waals surface area (Å²) in [6.07, 6.45) is 0.759. The van der Waals surface area contributed by atoms with E-state index in [1.165, 1.54) is 0 Å². The summed E-state index contributed by atoms with van der Waals surface area (Å²) < 4.78 is 27.5. The minimum atomic E-state index is -2.99. The summed E-state index contributed by atoms with van der Waals surface area (Å²) in [5, 5.41) is 0. The first kappa shape index (κ1) is 8.19. The van der Waals surface area contributed by atoms with E-state index in [0.29, 0.717) is 6.61 Å². The lowest BCUT2D eigenvalue weighted by Gasteiger charge is -2.15. The molecule has 0 spiro atoms. The molecule has 0 N–H and O–H groups in total. The highest BCUT2D eigenvalue weighted by Crippen LogP contribution is 2.40. The number of aldehydes is 1. The zero-order chi connectivity index (χ0) is 8.82. The zero-order valence-corrected chi connectivity index (χ0v) is 7.34. The first-order chi connectivity index (χ1) is 5.58. The van der Waals surface area contributed by atoms with Crippen LogP contribution in [0.2, 0.25) is 0 Å². The molecule has 2 saturated heterocycles. The molecule has 2 fully saturated rings. The third kappa shape index (κ3) is 0.998. The maximum atomic E-state index is 11.2. The average molecular weight is 190 g/mol. The number of sulfone groups is 1. The van der Waals surface area contributed by atoms with Crippen LogP contribution in [0.25, 0.3) is 0 Å². The van der Waals surface area contributed by atoms with Gasteiger partial charge in [0.2, 0.25) is 0 Å². The molecule has 2 aliphatic heterocycles. The maximum Gasteiger partial charge on any atom is 0.151 e. The fourth-order valence-electron chi connectivity index (χ4n) is 1.99. The molecule has 68 valence electrons. The van der Waals surface area contributed by atoms with Gasteiger partial charge in [-0.15, -0.1) is 0 Å². The molecular weight excluding hydrogens is 180 g/mol. The van der Waals surface area contributed by atoms with Gasteiger partial charge in [0.05, 0.1) is 30.1 Å². The van der Waals surface area contributed by atoms with Crippen molar-refractivity contribution in [2.75, 3.05) is 24.7 Å². The minimum Gasteiger partial charge on any atom is -0.380 e. The van der Waals surface area contributed by atoms with Crippen molar-refractivity contribution in [3.05, 3.63) is 0 Å². The monoisotopic (exact) mass is 190 g/mol. The van der Waals surface area contributed by atoms with Crippen LogP contribution in [0.1, 0.15) is 0 Å². The fourth-order valence-corrected chi connectivity index (χ4v) is 4.35. The molecule has 0 unspecified atom stereocenters. The Morgan fingerprint density at radius 2 is 2.25 bits per heavy atom. The van der Waals surface area contributed by atoms with E-state index in [9.17, 15) is 13.2 Å². The molecule has 0 aromatic carbocycles. The van der Waals surface area contributed by atoms with Crippen molar-refractivity contribution in [1.82, 2.24) is 0 Å². The summed E-state index contributed by atoms with van der Waals surface area (Å²) in [6.45, 7) is 0.693. The van der Waals surface area contributed by atoms with E-state index in [2.05, 4.69) is 0 Å². The average Bonchev–Trinajstić information content (AvgIpc) is 2.40. The molecule has 2 rings (SSSR count). The Balaban J connectivity index is 2.38. The van der Waals surface area contributed by atoms with Crippen molar-refractivity contribution < 1.29 is 17.9 Å². The quantitative estimate of drug-likeness (QED) is 0.510. The van der Waals surface area contributed by atoms with E-state index in [0.717, 1.165) is 6.29 Å². The van der Waals surface area contributed by atoms with Gasteiger partial charge in [0, 0.05) is 5.92 Å². The van der Waals surface area contributed by atoms with Crippen molar-refractivity contribution in [1.29, 1.82) is 0 Å². The summed E-state index contributed by atoms with van der Waals surface area (Å²) in [4.78, 5) is 10.8. The van der Waals surface area contributed by atoms with Crippen LogP contribution >= 0.6 is 0 Å². The van der Waals surface area contributed by atoms with Gasteiger partial charge >= 0.3 is 0 Å². The topological polar surface area (TPSA) is 60.4 Å². The highest BCUT2D eigenvalue weighted by atomic mass is 32.2. The number of hydrogen-bond donors (Lipinski definition) is 0. The maximum absolute atomic E-state index is 11.2. The number of carbonyl (C=O) groups is 1. The van der Waals surface area contributed by atoms with Crippen LogP contribution in [0.15, 0.2) is 0 Å². The number of ether oxygens (including phenoxy) is 1. The van der Waals surface area contributed by atoms with Crippen molar-refractivity contribution in [3.63, 3.8) is 0 Å². The first-order valence-electron chi connectivity index (χ1n) is 3.82. The van der Waals surface area contributed by atoms with E-state index in [-0.39, 0.29) is 24.0 Å². The second-order valence-corrected chi connectivity index (χ2v) is 5.73. The first-order valence-corrected chi connectivity index (χ1v) is 5.65. The Bertz CT molecular complexity index is 307. The smallest absolute Gasteiger partial charge is 0.151 e. The van der Waals surface area contributed by atoms with Crippen LogP contribution in [0.3, 0.4) is 0 Å². The van der Waals surface area contributed by atoms with Crippen LogP contribution in [0.5, 0.6) is 0 Å². The van der Waals surface area contributed by atoms with Gasteiger partial charge in [-0.1, -0.05) is 0 Å². The molecule has 0 aliphatic carbocycles. The zero-order valence-electron chi connectivity index (χ0n) is 6.52. The normalized spacial score (nSPS) is 44.2. The molecular formula is C7H10O4S. The molecule has 2 atom stereocenters. The lowest BCUT2D eigenvalue weighted by Crippen LogP contribution is -2.30. The number of carbonyl (C=O) groups excluding carboxylic acids is 1. The second kappa shape index (κ2) is 2.29. The van der Waals surface area contributed by atoms with Crippen molar-refractivity contribution in [2.24, 2.45) is 11.3 Å². The van der Waals surface area contributed by atoms with Gasteiger partial charge in [-0.25, -0.2) is 8.42 Å². The molecule has 0 amide bonds. The molecule has 0 radical (unpaired) electrons. The van der Waals surface area contributed by atoms with Gasteiger partial charge in [0.25, 0.3) is 0 Å². The van der Waals surface area contributed by atoms with Crippen LogP contribution < -0.4 is 0 Å². The lowest BCUT2D eigenvalue weighted by molar-refractivity contribution is -0.116. The summed E-state index contributed by atoms with van der Waals surface area (Å²) in [6, 6.07) is 0. The van der Waals surface area contributed by atoms with Gasteiger partial charge in [-0.2, -0.15) is 0 Å². The Morgan fingerprint density at radius 3 is 2.83 bits per heavy atom. The Kier molecular flexibility index (Phi) is 1.56. The molecule has 0 aromatic rings. The van der Waals surface area contributed by atoms with Crippen molar-refractivity contribution >= 4 is 16.1 Å². The van der Waals surface area contributed by atoms with E-state index >= 15 is 0 Å². The molecule has 2 heterocycles. The van der Waals surface area contributed by atoms with E-state index in [4.69, 9.17) is 4.74 Å². The largest absolute Gasteiger partial charge is 0.380 e. The Hall–Kier alpha value is -0.420. The van der Waals surface area contributed by atoms with E-state index in [1.54, 1.807) is 0 Å². The molecule has 0 bridgehead atoms. The van der Waals surface area contributed by atoms with Crippen LogP contribution in [-0.4, -0.2) is 39.4 Å². The number of hydrogen-bond acceptors (Lipinski definition) is 4. The highest BCUT2D eigenvalue weighted by Gasteiger charge is 2.54. The molecule has 5 heteroatoms. The standard InChI is InChI=1S/C7H10O4S/c8-3-7-4-11-1-6(7)2-12(9,10)5-7/h3,6H,1-2,4-5H2/t6-,7+/m0/s1. The summed E-state index contributed by atoms with van der Waals surface area (Å²) in [5.74, 6) is -0.0000926. The molecule has 4 nitrogen and oxygen atoms in total. The Labute approximate surface area is 70.8 Å². The predicted octanol–water partition coefficient (Wildman–Crippen LogP) is -0.753. The van der Waals surface area contributed by atoms with Gasteiger partial charge in [-0.05, 0) is 0 Å². The van der Waals surface area contributed by atoms with Crippen LogP contribution in [-0.2, 0) is 19.4 Å². The van der Waals surface area contributed by atoms with Crippen molar-refractivity contribution in [2.45, 2.75) is 0 Å². The minimum absolute atomic E-state index is 0.0197. The van der Waals surface area contributed by atoms with Gasteiger partial charge in [0.1, 0.15) is 6.29 Å². The van der Waals surface area contributed by atoms with Crippen LogP contribution in [0, 0.1) is 11.3 Å². The summed E-state index contributed by atoms with van der Waals surface area (Å²) in [5.41, 5.74) is -0.709. The third-order valence-electron chi connectivity index (χ3n) is 2.68. The second-order valence-electron chi connectivity index (χ2n) is 3.62. The molecule has 2 aliphatic rings. The van der Waals surface area contributed by atoms with E-state index in [1.807, 2.05) is 0 Å². The fraction of sp³-hybridized carbons (Fsp3) is 0.857. The van der Waals surface area contributed by atoms with Gasteiger partial charge < -0.3 is 9.53 Å². The lowest BCUT2D eigenvalue weighted by atomic mass is 9.83. The predicted molar refractivity (Wildman–Crippen MR) is 41.5 cm³/mol. The molecule has 0 aromatic heterocycles. The number of fused-ring (bicyclic) bond motifs is 1. The van der Waals surface area contributed by atoms with Gasteiger partial charge in [0.15, 0.2) is 9.84 Å². The number of rotatable bonds is 1. The summed E-state index contributed by atoms with van der Waals surface area (Å²) in [7, 11) is -2.99. The van der Waals surface area contributed by atoms with Gasteiger partial charge in [-0.3, -0.25) is 0 Å². The van der Waals surface area contributed by atoms with Crippen molar-refractivity contribution in [3.8, 4) is 0 Å². The van der Waals surface area contributed by atoms with E-state index < -0.39 is 15.3 Å². The molecule has 0 saturated carbocycles. The van der Waals surface area contributed by atoms with Crippen LogP contribution in [0.4, 0.5) is 0 Å².